The smallest absolute Gasteiger partial charge is 0.165 e. The van der Waals surface area contributed by atoms with Gasteiger partial charge in [0.1, 0.15) is 11.2 Å². The molecule has 0 fully saturated rings. The van der Waals surface area contributed by atoms with Gasteiger partial charge < -0.3 is 4.42 Å². The minimum Gasteiger partial charge on any atom is -0.455 e. The number of fused-ring (bicyclic) bond motifs is 12. The molecule has 8 aromatic carbocycles. The van der Waals surface area contributed by atoms with Crippen molar-refractivity contribution in [3.63, 3.8) is 0 Å². The van der Waals surface area contributed by atoms with Gasteiger partial charge >= 0.3 is 0 Å². The number of thiophene rings is 1. The van der Waals surface area contributed by atoms with E-state index in [1.807, 2.05) is 18.2 Å². The van der Waals surface area contributed by atoms with Gasteiger partial charge in [0.2, 0.25) is 0 Å². The Bertz CT molecular complexity index is 3160. The van der Waals surface area contributed by atoms with E-state index in [0.717, 1.165) is 65.6 Å². The summed E-state index contributed by atoms with van der Waals surface area (Å²) in [4.78, 5) is 15.8. The average Bonchev–Trinajstić information content (AvgIpc) is 3.77. The van der Waals surface area contributed by atoms with Gasteiger partial charge in [-0.3, -0.25) is 0 Å². The van der Waals surface area contributed by atoms with Crippen LogP contribution in [0, 0.1) is 0 Å². The van der Waals surface area contributed by atoms with Crippen LogP contribution in [0.4, 0.5) is 0 Å². The van der Waals surface area contributed by atoms with Gasteiger partial charge in [-0.2, -0.15) is 0 Å². The molecule has 11 aromatic rings. The third-order valence-corrected chi connectivity index (χ3v) is 11.1. The van der Waals surface area contributed by atoms with Crippen LogP contribution in [0.3, 0.4) is 0 Å². The van der Waals surface area contributed by atoms with Crippen molar-refractivity contribution in [1.29, 1.82) is 0 Å². The van der Waals surface area contributed by atoms with Gasteiger partial charge in [0.05, 0.1) is 0 Å². The molecule has 0 bridgehead atoms. The fourth-order valence-corrected chi connectivity index (χ4v) is 8.84. The molecule has 3 heterocycles. The van der Waals surface area contributed by atoms with Crippen molar-refractivity contribution in [2.24, 2.45) is 0 Å². The molecule has 0 radical (unpaired) electrons. The molecule has 0 N–H and O–H groups in total. The lowest BCUT2D eigenvalue weighted by atomic mass is 9.94. The van der Waals surface area contributed by atoms with Gasteiger partial charge in [-0.25, -0.2) is 15.0 Å². The van der Waals surface area contributed by atoms with E-state index in [-0.39, 0.29) is 0 Å². The second-order valence-electron chi connectivity index (χ2n) is 12.7. The van der Waals surface area contributed by atoms with E-state index in [1.165, 1.54) is 25.6 Å². The maximum Gasteiger partial charge on any atom is 0.165 e. The van der Waals surface area contributed by atoms with E-state index < -0.39 is 0 Å². The van der Waals surface area contributed by atoms with Gasteiger partial charge in [-0.15, -0.1) is 11.3 Å². The number of hydrogen-bond acceptors (Lipinski definition) is 5. The number of furan rings is 1. The zero-order valence-corrected chi connectivity index (χ0v) is 27.4. The summed E-state index contributed by atoms with van der Waals surface area (Å²) >= 11 is 1.78. The van der Waals surface area contributed by atoms with E-state index in [0.29, 0.717) is 17.5 Å². The molecule has 50 heavy (non-hydrogen) atoms. The Kier molecular flexibility index (Phi) is 5.80. The quantitative estimate of drug-likeness (QED) is 0.178. The Hall–Kier alpha value is -6.43. The molecular weight excluding hydrogens is 631 g/mol. The van der Waals surface area contributed by atoms with Crippen LogP contribution < -0.4 is 0 Å². The van der Waals surface area contributed by atoms with E-state index in [4.69, 9.17) is 19.4 Å². The Morgan fingerprint density at radius 2 is 1.04 bits per heavy atom. The van der Waals surface area contributed by atoms with Gasteiger partial charge in [0.15, 0.2) is 17.5 Å². The fraction of sp³-hybridized carbons (Fsp3) is 0. The average molecular weight is 656 g/mol. The Morgan fingerprint density at radius 1 is 0.420 bits per heavy atom. The van der Waals surface area contributed by atoms with Crippen molar-refractivity contribution in [3.05, 3.63) is 152 Å². The van der Waals surface area contributed by atoms with Gasteiger partial charge in [-0.05, 0) is 51.2 Å². The third kappa shape index (κ3) is 4.01. The predicted octanol–water partition coefficient (Wildman–Crippen LogP) is 12.6. The van der Waals surface area contributed by atoms with Crippen LogP contribution >= 0.6 is 11.3 Å². The summed E-state index contributed by atoms with van der Waals surface area (Å²) in [6.07, 6.45) is 0. The molecule has 11 rings (SSSR count). The molecule has 0 atom stereocenters. The lowest BCUT2D eigenvalue weighted by molar-refractivity contribution is 0.673. The fourth-order valence-electron chi connectivity index (χ4n) is 7.62. The van der Waals surface area contributed by atoms with Crippen LogP contribution in [0.2, 0.25) is 0 Å². The van der Waals surface area contributed by atoms with E-state index >= 15 is 0 Å². The molecular formula is C45H25N3OS. The molecule has 3 aromatic heterocycles. The molecule has 4 nitrogen and oxygen atoms in total. The monoisotopic (exact) mass is 655 g/mol. The van der Waals surface area contributed by atoms with E-state index in [1.54, 1.807) is 11.3 Å². The molecule has 5 heteroatoms. The second kappa shape index (κ2) is 10.5. The molecule has 0 saturated heterocycles. The maximum atomic E-state index is 6.90. The first-order valence-corrected chi connectivity index (χ1v) is 17.5. The number of rotatable bonds is 3. The van der Waals surface area contributed by atoms with Crippen molar-refractivity contribution in [2.75, 3.05) is 0 Å². The molecule has 0 amide bonds. The molecule has 0 unspecified atom stereocenters. The number of benzene rings is 8. The topological polar surface area (TPSA) is 51.8 Å². The summed E-state index contributed by atoms with van der Waals surface area (Å²) in [6, 6.07) is 53.1. The normalized spacial score (nSPS) is 12.0. The van der Waals surface area contributed by atoms with Gasteiger partial charge in [0.25, 0.3) is 0 Å². The molecule has 0 spiro atoms. The van der Waals surface area contributed by atoms with Crippen LogP contribution in [-0.4, -0.2) is 15.0 Å². The lowest BCUT2D eigenvalue weighted by Gasteiger charge is -2.12. The summed E-state index contributed by atoms with van der Waals surface area (Å²) in [5, 5.41) is 11.3. The Balaban J connectivity index is 1.30. The molecule has 0 saturated carbocycles. The summed E-state index contributed by atoms with van der Waals surface area (Å²) in [6.45, 7) is 0. The number of hydrogen-bond donors (Lipinski definition) is 0. The Labute approximate surface area is 289 Å². The maximum absolute atomic E-state index is 6.90. The van der Waals surface area contributed by atoms with Crippen LogP contribution in [-0.2, 0) is 0 Å². The van der Waals surface area contributed by atoms with Crippen LogP contribution in [0.1, 0.15) is 0 Å². The van der Waals surface area contributed by atoms with Crippen molar-refractivity contribution < 1.29 is 4.42 Å². The van der Waals surface area contributed by atoms with E-state index in [9.17, 15) is 0 Å². The Morgan fingerprint density at radius 3 is 1.86 bits per heavy atom. The highest BCUT2D eigenvalue weighted by Crippen LogP contribution is 2.46. The second-order valence-corrected chi connectivity index (χ2v) is 13.8. The first-order chi connectivity index (χ1) is 24.8. The van der Waals surface area contributed by atoms with Crippen LogP contribution in [0.5, 0.6) is 0 Å². The van der Waals surface area contributed by atoms with Crippen molar-refractivity contribution >= 4 is 85.8 Å². The van der Waals surface area contributed by atoms with Crippen LogP contribution in [0.15, 0.2) is 156 Å². The molecule has 232 valence electrons. The highest BCUT2D eigenvalue weighted by Gasteiger charge is 2.23. The first kappa shape index (κ1) is 27.5. The zero-order chi connectivity index (χ0) is 32.8. The predicted molar refractivity (Wildman–Crippen MR) is 209 cm³/mol. The molecule has 0 aliphatic carbocycles. The highest BCUT2D eigenvalue weighted by molar-refractivity contribution is 7.26. The minimum atomic E-state index is 0.614. The van der Waals surface area contributed by atoms with Crippen molar-refractivity contribution in [1.82, 2.24) is 15.0 Å². The van der Waals surface area contributed by atoms with E-state index in [2.05, 4.69) is 133 Å². The lowest BCUT2D eigenvalue weighted by Crippen LogP contribution is -2.00. The largest absolute Gasteiger partial charge is 0.455 e. The summed E-state index contributed by atoms with van der Waals surface area (Å²) in [5.74, 6) is 1.89. The minimum absolute atomic E-state index is 0.614. The first-order valence-electron chi connectivity index (χ1n) is 16.7. The summed E-state index contributed by atoms with van der Waals surface area (Å²) in [7, 11) is 0. The summed E-state index contributed by atoms with van der Waals surface area (Å²) in [5.41, 5.74) is 4.53. The SMILES string of the molecule is c1ccc(-c2nc(-c3cccc4c3sc3ccccc34)nc(-c3cc4ccc5ccccc5c4c4oc5ccc6ccccc6c5c34)n2)cc1. The summed E-state index contributed by atoms with van der Waals surface area (Å²) < 4.78 is 9.31. The van der Waals surface area contributed by atoms with Gasteiger partial charge in [0, 0.05) is 53.0 Å². The number of nitrogens with zero attached hydrogens (tertiary/aromatic N) is 3. The highest BCUT2D eigenvalue weighted by atomic mass is 32.1. The third-order valence-electron chi connectivity index (χ3n) is 9.89. The van der Waals surface area contributed by atoms with Crippen molar-refractivity contribution in [2.45, 2.75) is 0 Å². The number of aromatic nitrogens is 3. The van der Waals surface area contributed by atoms with Crippen LogP contribution in [0.25, 0.3) is 109 Å². The molecule has 0 aliphatic heterocycles. The van der Waals surface area contributed by atoms with Gasteiger partial charge in [-0.1, -0.05) is 127 Å². The standard InChI is InChI=1S/C45H25N3OS/c1-2-13-28(14-3-1)43-46-44(34-19-10-18-33-32-17-8-9-20-37(32)50-42(33)34)48-45(47-43)35-25-29-22-21-26-11-4-6-15-30(26)38(29)41-40(35)39-31-16-7-5-12-27(31)23-24-36(39)49-41/h1-25H. The van der Waals surface area contributed by atoms with Crippen molar-refractivity contribution in [3.8, 4) is 34.2 Å². The molecule has 0 aliphatic rings. The zero-order valence-electron chi connectivity index (χ0n) is 26.6.